The van der Waals surface area contributed by atoms with Crippen molar-refractivity contribution in [3.05, 3.63) is 24.5 Å². The van der Waals surface area contributed by atoms with Crippen molar-refractivity contribution in [2.24, 2.45) is 0 Å². The van der Waals surface area contributed by atoms with E-state index >= 15 is 0 Å². The van der Waals surface area contributed by atoms with E-state index in [1.807, 2.05) is 4.90 Å². The van der Waals surface area contributed by atoms with Crippen LogP contribution in [0.5, 0.6) is 5.75 Å². The maximum atomic E-state index is 12.2. The molecule has 2 rings (SSSR count). The molecule has 1 aliphatic rings. The third-order valence-electron chi connectivity index (χ3n) is 4.66. The highest BCUT2D eigenvalue weighted by Crippen LogP contribution is 2.29. The zero-order valence-electron chi connectivity index (χ0n) is 16.4. The lowest BCUT2D eigenvalue weighted by Crippen LogP contribution is -2.36. The van der Waals surface area contributed by atoms with E-state index in [0.717, 1.165) is 32.1 Å². The number of nitrogens with zero attached hydrogens (tertiary/aromatic N) is 2. The second-order valence-corrected chi connectivity index (χ2v) is 7.99. The van der Waals surface area contributed by atoms with E-state index in [1.54, 1.807) is 36.3 Å². The molecule has 1 aliphatic heterocycles. The van der Waals surface area contributed by atoms with Gasteiger partial charge in [0.25, 0.3) is 0 Å². The minimum Gasteiger partial charge on any atom is -0.489 e. The minimum absolute atomic E-state index is 0.140. The first-order chi connectivity index (χ1) is 13.6. The van der Waals surface area contributed by atoms with Gasteiger partial charge in [0.2, 0.25) is 5.91 Å². The molecule has 2 heterocycles. The van der Waals surface area contributed by atoms with Gasteiger partial charge in [-0.1, -0.05) is 19.3 Å². The summed E-state index contributed by atoms with van der Waals surface area (Å²) in [4.78, 5) is 29.1. The maximum Gasteiger partial charge on any atom is 0.305 e. The van der Waals surface area contributed by atoms with Crippen molar-refractivity contribution in [3.63, 3.8) is 0 Å². The molecule has 2 atom stereocenters. The van der Waals surface area contributed by atoms with Gasteiger partial charge in [0.05, 0.1) is 30.5 Å². The van der Waals surface area contributed by atoms with Crippen molar-refractivity contribution < 1.29 is 24.2 Å². The lowest BCUT2D eigenvalue weighted by molar-refractivity contribution is -0.140. The molecule has 1 aromatic rings. The first kappa shape index (κ1) is 22.5. The molecule has 0 bridgehead atoms. The van der Waals surface area contributed by atoms with Crippen molar-refractivity contribution >= 4 is 23.6 Å². The summed E-state index contributed by atoms with van der Waals surface area (Å²) >= 11 is 1.67. The Kier molecular flexibility index (Phi) is 10.1. The zero-order chi connectivity index (χ0) is 20.2. The Balaban J connectivity index is 1.62. The molecule has 0 saturated carbocycles. The van der Waals surface area contributed by atoms with Crippen LogP contribution in [0.4, 0.5) is 0 Å². The number of aliphatic hydroxyl groups is 1. The highest BCUT2D eigenvalue weighted by Gasteiger charge is 2.31. The summed E-state index contributed by atoms with van der Waals surface area (Å²) in [5.41, 5.74) is 0. The molecule has 28 heavy (non-hydrogen) atoms. The molecule has 1 aromatic heterocycles. The number of hydrogen-bond acceptors (Lipinski definition) is 7. The van der Waals surface area contributed by atoms with Crippen molar-refractivity contribution in [3.8, 4) is 5.75 Å². The quantitative estimate of drug-likeness (QED) is 0.395. The Morgan fingerprint density at radius 2 is 2.21 bits per heavy atom. The molecule has 1 amide bonds. The molecular formula is C20H30N2O5S. The molecule has 156 valence electrons. The molecule has 1 fully saturated rings. The van der Waals surface area contributed by atoms with Crippen LogP contribution in [-0.2, 0) is 14.3 Å². The van der Waals surface area contributed by atoms with E-state index < -0.39 is 6.10 Å². The van der Waals surface area contributed by atoms with Crippen LogP contribution in [0.3, 0.4) is 0 Å². The third-order valence-corrected chi connectivity index (χ3v) is 5.95. The number of ether oxygens (including phenoxy) is 2. The van der Waals surface area contributed by atoms with Crippen LogP contribution < -0.4 is 4.74 Å². The smallest absolute Gasteiger partial charge is 0.305 e. The number of unbranched alkanes of at least 4 members (excludes halogenated alkanes) is 3. The minimum atomic E-state index is -0.627. The van der Waals surface area contributed by atoms with Gasteiger partial charge in [-0.2, -0.15) is 0 Å². The number of pyridine rings is 1. The lowest BCUT2D eigenvalue weighted by Gasteiger charge is -2.25. The Hall–Kier alpha value is -1.80. The monoisotopic (exact) mass is 410 g/mol. The van der Waals surface area contributed by atoms with Crippen LogP contribution in [-0.4, -0.2) is 64.4 Å². The SMILES string of the molecule is COC(=O)CCCCCCC1SCC(=O)N1CCC(O)COc1cccnc1. The number of aliphatic hydroxyl groups excluding tert-OH is 1. The predicted molar refractivity (Wildman–Crippen MR) is 108 cm³/mol. The number of carbonyl (C=O) groups is 2. The summed E-state index contributed by atoms with van der Waals surface area (Å²) in [7, 11) is 1.41. The summed E-state index contributed by atoms with van der Waals surface area (Å²) in [6.07, 6.45) is 8.44. The predicted octanol–water partition coefficient (Wildman–Crippen LogP) is 2.63. The Morgan fingerprint density at radius 3 is 2.96 bits per heavy atom. The van der Waals surface area contributed by atoms with Gasteiger partial charge in [0.1, 0.15) is 12.4 Å². The summed E-state index contributed by atoms with van der Waals surface area (Å²) in [6.45, 7) is 0.724. The maximum absolute atomic E-state index is 12.2. The summed E-state index contributed by atoms with van der Waals surface area (Å²) in [5, 5.41) is 10.3. The van der Waals surface area contributed by atoms with Gasteiger partial charge in [-0.15, -0.1) is 11.8 Å². The van der Waals surface area contributed by atoms with Crippen LogP contribution in [0.1, 0.15) is 44.9 Å². The third kappa shape index (κ3) is 8.06. The second kappa shape index (κ2) is 12.6. The molecule has 0 aromatic carbocycles. The summed E-state index contributed by atoms with van der Waals surface area (Å²) in [5.74, 6) is 1.12. The van der Waals surface area contributed by atoms with Gasteiger partial charge in [-0.05, 0) is 31.4 Å². The van der Waals surface area contributed by atoms with Gasteiger partial charge in [-0.25, -0.2) is 0 Å². The number of amides is 1. The second-order valence-electron chi connectivity index (χ2n) is 6.82. The van der Waals surface area contributed by atoms with Crippen LogP contribution in [0, 0.1) is 0 Å². The number of hydrogen-bond donors (Lipinski definition) is 1. The number of aromatic nitrogens is 1. The van der Waals surface area contributed by atoms with Gasteiger partial charge >= 0.3 is 5.97 Å². The van der Waals surface area contributed by atoms with Gasteiger partial charge in [0.15, 0.2) is 0 Å². The van der Waals surface area contributed by atoms with E-state index in [-0.39, 0.29) is 23.9 Å². The molecular weight excluding hydrogens is 380 g/mol. The van der Waals surface area contributed by atoms with Crippen LogP contribution in [0.2, 0.25) is 0 Å². The van der Waals surface area contributed by atoms with Crippen LogP contribution in [0.25, 0.3) is 0 Å². The standard InChI is InChI=1S/C20H30N2O5S/c1-26-20(25)9-5-3-2-4-8-19-22(18(24)15-28-19)12-10-16(23)14-27-17-7-6-11-21-13-17/h6-7,11,13,16,19,23H,2-5,8-10,12,14-15H2,1H3. The fraction of sp³-hybridized carbons (Fsp3) is 0.650. The average Bonchev–Trinajstić information content (AvgIpc) is 3.07. The van der Waals surface area contributed by atoms with E-state index in [0.29, 0.717) is 30.9 Å². The first-order valence-electron chi connectivity index (χ1n) is 9.79. The average molecular weight is 411 g/mol. The van der Waals surface area contributed by atoms with E-state index in [9.17, 15) is 14.7 Å². The molecule has 8 heteroatoms. The number of carbonyl (C=O) groups excluding carboxylic acids is 2. The fourth-order valence-electron chi connectivity index (χ4n) is 3.05. The molecule has 1 N–H and O–H groups in total. The number of methoxy groups -OCH3 is 1. The van der Waals surface area contributed by atoms with Crippen LogP contribution in [0.15, 0.2) is 24.5 Å². The molecule has 2 unspecified atom stereocenters. The highest BCUT2D eigenvalue weighted by atomic mass is 32.2. The van der Waals surface area contributed by atoms with E-state index in [1.165, 1.54) is 7.11 Å². The van der Waals surface area contributed by atoms with Gasteiger partial charge < -0.3 is 19.5 Å². The van der Waals surface area contributed by atoms with Gasteiger partial charge in [0, 0.05) is 19.2 Å². The Morgan fingerprint density at radius 1 is 1.39 bits per heavy atom. The Bertz CT molecular complexity index is 602. The topological polar surface area (TPSA) is 89.0 Å². The largest absolute Gasteiger partial charge is 0.489 e. The van der Waals surface area contributed by atoms with Crippen molar-refractivity contribution in [1.82, 2.24) is 9.88 Å². The molecule has 0 aliphatic carbocycles. The molecule has 1 saturated heterocycles. The fourth-order valence-corrected chi connectivity index (χ4v) is 4.29. The Labute approximate surface area is 170 Å². The number of thioether (sulfide) groups is 1. The van der Waals surface area contributed by atoms with Crippen molar-refractivity contribution in [1.29, 1.82) is 0 Å². The van der Waals surface area contributed by atoms with Gasteiger partial charge in [-0.3, -0.25) is 14.6 Å². The normalized spacial score (nSPS) is 17.6. The summed E-state index contributed by atoms with van der Waals surface area (Å²) in [6, 6.07) is 3.57. The summed E-state index contributed by atoms with van der Waals surface area (Å²) < 4.78 is 10.1. The van der Waals surface area contributed by atoms with Crippen LogP contribution >= 0.6 is 11.8 Å². The lowest BCUT2D eigenvalue weighted by atomic mass is 10.1. The molecule has 0 spiro atoms. The van der Waals surface area contributed by atoms with Crippen molar-refractivity contribution in [2.75, 3.05) is 26.0 Å². The van der Waals surface area contributed by atoms with E-state index in [2.05, 4.69) is 9.72 Å². The number of esters is 1. The molecule has 0 radical (unpaired) electrons. The van der Waals surface area contributed by atoms with E-state index in [4.69, 9.17) is 4.74 Å². The zero-order valence-corrected chi connectivity index (χ0v) is 17.2. The number of rotatable bonds is 13. The molecule has 7 nitrogen and oxygen atoms in total. The van der Waals surface area contributed by atoms with Crippen molar-refractivity contribution in [2.45, 2.75) is 56.4 Å². The first-order valence-corrected chi connectivity index (χ1v) is 10.8. The highest BCUT2D eigenvalue weighted by molar-refractivity contribution is 8.00.